The second-order valence-corrected chi connectivity index (χ2v) is 12.0. The minimum Gasteiger partial charge on any atom is -0.412 e. The van der Waals surface area contributed by atoms with Crippen molar-refractivity contribution >= 4 is 15.6 Å². The Bertz CT molecular complexity index is 547. The van der Waals surface area contributed by atoms with Crippen LogP contribution in [0.15, 0.2) is 0 Å². The van der Waals surface area contributed by atoms with E-state index in [2.05, 4.69) is 33.4 Å². The van der Waals surface area contributed by atoms with Crippen molar-refractivity contribution in [3.8, 4) is 0 Å². The Kier molecular flexibility index (Phi) is 17.1. The van der Waals surface area contributed by atoms with E-state index in [9.17, 15) is 50.4 Å². The minimum atomic E-state index is -10.7. The SMILES string of the molecule is CCN1CCCN2CCN(CC)CCCN(CC1)CC2.F[P-](F)(F)(F)(F)F.F[P-](F)(F)(F)(F)F.O.O.[Mn+2]. The molecule has 2 unspecified atom stereocenters. The fraction of sp³-hybridized carbons (Fsp3) is 1.00. The molecule has 2 bridgehead atoms. The summed E-state index contributed by atoms with van der Waals surface area (Å²) in [6, 6.07) is 0. The molecule has 0 amide bonds. The van der Waals surface area contributed by atoms with Crippen LogP contribution in [0.2, 0.25) is 0 Å². The van der Waals surface area contributed by atoms with Gasteiger partial charge in [0.1, 0.15) is 0 Å². The number of hydrogen-bond acceptors (Lipinski definition) is 4. The molecular formula is C16H38F12MnN4O2P2. The fourth-order valence-electron chi connectivity index (χ4n) is 3.41. The molecule has 37 heavy (non-hydrogen) atoms. The summed E-state index contributed by atoms with van der Waals surface area (Å²) >= 11 is 0. The summed E-state index contributed by atoms with van der Waals surface area (Å²) in [5.74, 6) is 0. The standard InChI is InChI=1S/C16H34N4.2F6P.Mn.2H2O/c1-3-17-7-5-9-20-14-12-18(4-2)8-6-10-19(13-11-17)15-16-20;2*1-7(2,3,4,5)6;;;/h3-16H2,1-2H3;;;;2*1H2/q;2*-1;+2;;. The van der Waals surface area contributed by atoms with Gasteiger partial charge in [-0.05, 0) is 52.1 Å². The third-order valence-electron chi connectivity index (χ3n) is 4.99. The predicted octanol–water partition coefficient (Wildman–Crippen LogP) is 6.15. The number of halogens is 12. The molecule has 2 fully saturated rings. The Morgan fingerprint density at radius 2 is 0.649 bits per heavy atom. The summed E-state index contributed by atoms with van der Waals surface area (Å²) < 4.78 is 118. The molecule has 0 saturated carbocycles. The quantitative estimate of drug-likeness (QED) is 0.202. The first-order chi connectivity index (χ1) is 14.7. The molecule has 0 spiro atoms. The van der Waals surface area contributed by atoms with E-state index in [0.29, 0.717) is 0 Å². The van der Waals surface area contributed by atoms with Crippen molar-refractivity contribution in [2.45, 2.75) is 26.7 Å². The monoisotopic (exact) mass is 663 g/mol. The zero-order chi connectivity index (χ0) is 27.0. The molecule has 0 aliphatic carbocycles. The Morgan fingerprint density at radius 1 is 0.432 bits per heavy atom. The molecule has 2 aliphatic rings. The van der Waals surface area contributed by atoms with Crippen molar-refractivity contribution in [1.29, 1.82) is 0 Å². The van der Waals surface area contributed by atoms with E-state index in [1.165, 1.54) is 91.4 Å². The smallest absolute Gasteiger partial charge is 0.412 e. The Hall–Kier alpha value is 0.299. The number of rotatable bonds is 2. The van der Waals surface area contributed by atoms with Crippen LogP contribution < -0.4 is 0 Å². The Morgan fingerprint density at radius 3 is 0.865 bits per heavy atom. The van der Waals surface area contributed by atoms with Gasteiger partial charge < -0.3 is 30.6 Å². The topological polar surface area (TPSA) is 76.0 Å². The third-order valence-corrected chi connectivity index (χ3v) is 4.99. The van der Waals surface area contributed by atoms with E-state index in [1.54, 1.807) is 0 Å². The normalized spacial score (nSPS) is 26.1. The molecule has 2 atom stereocenters. The van der Waals surface area contributed by atoms with Crippen molar-refractivity contribution in [3.05, 3.63) is 0 Å². The summed E-state index contributed by atoms with van der Waals surface area (Å²) in [7, 11) is -21.3. The molecule has 4 N–H and O–H groups in total. The van der Waals surface area contributed by atoms with Gasteiger partial charge in [-0.2, -0.15) is 0 Å². The summed E-state index contributed by atoms with van der Waals surface area (Å²) in [6.07, 6.45) is 2.67. The van der Waals surface area contributed by atoms with Gasteiger partial charge in [-0.3, -0.25) is 0 Å². The molecular weight excluding hydrogens is 625 g/mol. The molecule has 6 nitrogen and oxygen atoms in total. The molecule has 2 saturated heterocycles. The van der Waals surface area contributed by atoms with E-state index in [-0.39, 0.29) is 28.0 Å². The fourth-order valence-corrected chi connectivity index (χ4v) is 3.41. The maximum atomic E-state index is 9.87. The summed E-state index contributed by atoms with van der Waals surface area (Å²) in [6.45, 7) is 19.7. The van der Waals surface area contributed by atoms with Gasteiger partial charge in [0.25, 0.3) is 0 Å². The molecule has 0 aromatic carbocycles. The Balaban J connectivity index is -0.000000270. The molecule has 0 aromatic heterocycles. The van der Waals surface area contributed by atoms with Crippen molar-refractivity contribution in [1.82, 2.24) is 19.6 Å². The zero-order valence-corrected chi connectivity index (χ0v) is 23.5. The van der Waals surface area contributed by atoms with Gasteiger partial charge in [0, 0.05) is 39.3 Å². The van der Waals surface area contributed by atoms with Crippen LogP contribution in [0.5, 0.6) is 0 Å². The van der Waals surface area contributed by atoms with Crippen LogP contribution in [0.4, 0.5) is 50.4 Å². The average molecular weight is 663 g/mol. The maximum Gasteiger partial charge on any atom is 2.00 e. The zero-order valence-electron chi connectivity index (χ0n) is 20.5. The van der Waals surface area contributed by atoms with Crippen LogP contribution in [0.3, 0.4) is 0 Å². The summed E-state index contributed by atoms with van der Waals surface area (Å²) in [4.78, 5) is 10.6. The number of hydrogen-bond donors (Lipinski definition) is 0. The summed E-state index contributed by atoms with van der Waals surface area (Å²) in [5.41, 5.74) is 0. The summed E-state index contributed by atoms with van der Waals surface area (Å²) in [5, 5.41) is 0. The second-order valence-electron chi connectivity index (χ2n) is 8.18. The number of likely N-dealkylation sites (N-methyl/N-ethyl adjacent to an activating group) is 2. The van der Waals surface area contributed by atoms with Gasteiger partial charge in [0.2, 0.25) is 0 Å². The van der Waals surface area contributed by atoms with Crippen LogP contribution >= 0.6 is 15.6 Å². The molecule has 1 radical (unpaired) electrons. The van der Waals surface area contributed by atoms with Gasteiger partial charge in [-0.15, -0.1) is 0 Å². The van der Waals surface area contributed by atoms with Crippen molar-refractivity contribution in [2.75, 3.05) is 78.5 Å². The van der Waals surface area contributed by atoms with Gasteiger partial charge in [0.05, 0.1) is 0 Å². The van der Waals surface area contributed by atoms with E-state index >= 15 is 0 Å². The van der Waals surface area contributed by atoms with E-state index < -0.39 is 15.6 Å². The minimum absolute atomic E-state index is 0. The van der Waals surface area contributed by atoms with Gasteiger partial charge in [-0.1, -0.05) is 13.8 Å². The van der Waals surface area contributed by atoms with E-state index in [0.717, 1.165) is 0 Å². The van der Waals surface area contributed by atoms with Crippen LogP contribution in [0.25, 0.3) is 0 Å². The molecule has 2 heterocycles. The van der Waals surface area contributed by atoms with Crippen molar-refractivity contribution in [3.63, 3.8) is 0 Å². The van der Waals surface area contributed by atoms with Crippen LogP contribution in [0, 0.1) is 0 Å². The van der Waals surface area contributed by atoms with Gasteiger partial charge in [0.15, 0.2) is 0 Å². The maximum absolute atomic E-state index is 10.7. The average Bonchev–Trinajstić information content (AvgIpc) is 2.58. The van der Waals surface area contributed by atoms with E-state index in [4.69, 9.17) is 0 Å². The molecule has 2 rings (SSSR count). The largest absolute Gasteiger partial charge is 2.00 e. The van der Waals surface area contributed by atoms with Gasteiger partial charge >= 0.3 is 83.0 Å². The first-order valence-corrected chi connectivity index (χ1v) is 14.8. The van der Waals surface area contributed by atoms with Crippen molar-refractivity contribution in [2.24, 2.45) is 0 Å². The van der Waals surface area contributed by atoms with Crippen LogP contribution in [-0.4, -0.2) is 109 Å². The van der Waals surface area contributed by atoms with Gasteiger partial charge in [-0.25, -0.2) is 0 Å². The first kappa shape index (κ1) is 44.3. The van der Waals surface area contributed by atoms with Crippen molar-refractivity contribution < 1.29 is 78.4 Å². The number of fused-ring (bicyclic) bond motifs is 3. The Labute approximate surface area is 219 Å². The van der Waals surface area contributed by atoms with E-state index in [1.807, 2.05) is 0 Å². The molecule has 2 aliphatic heterocycles. The molecule has 235 valence electrons. The first-order valence-electron chi connectivity index (χ1n) is 10.7. The number of nitrogens with zero attached hydrogens (tertiary/aromatic N) is 4. The molecule has 21 heteroatoms. The van der Waals surface area contributed by atoms with Crippen LogP contribution in [0.1, 0.15) is 26.7 Å². The van der Waals surface area contributed by atoms with Crippen LogP contribution in [-0.2, 0) is 17.1 Å². The molecule has 0 aromatic rings. The predicted molar refractivity (Wildman–Crippen MR) is 121 cm³/mol. The third kappa shape index (κ3) is 43.6. The second kappa shape index (κ2) is 14.3.